The van der Waals surface area contributed by atoms with Gasteiger partial charge >= 0.3 is 0 Å². The number of aromatic amines is 1. The van der Waals surface area contributed by atoms with Crippen LogP contribution in [0, 0.1) is 18.8 Å². The summed E-state index contributed by atoms with van der Waals surface area (Å²) >= 11 is 0. The molecule has 6 heteroatoms. The molecular weight excluding hydrogens is 306 g/mol. The molecule has 2 aromatic rings. The van der Waals surface area contributed by atoms with Gasteiger partial charge in [-0.05, 0) is 30.0 Å². The molecule has 1 amide bonds. The Morgan fingerprint density at radius 1 is 1.38 bits per heavy atom. The summed E-state index contributed by atoms with van der Waals surface area (Å²) in [6, 6.07) is 7.93. The number of hydrogen-bond acceptors (Lipinski definition) is 4. The van der Waals surface area contributed by atoms with Gasteiger partial charge in [0.05, 0.1) is 12.5 Å². The third-order valence-electron chi connectivity index (χ3n) is 4.74. The normalized spacial score (nSPS) is 21.4. The number of fused-ring (bicyclic) bond motifs is 1. The largest absolute Gasteiger partial charge is 0.384 e. The van der Waals surface area contributed by atoms with E-state index in [1.807, 2.05) is 31.2 Å². The molecular formula is C18H23N3O3. The molecule has 0 bridgehead atoms. The number of nitrogens with one attached hydrogen (secondary N) is 1. The molecule has 0 aliphatic carbocycles. The highest BCUT2D eigenvalue weighted by Crippen LogP contribution is 2.25. The summed E-state index contributed by atoms with van der Waals surface area (Å²) in [7, 11) is 1.62. The van der Waals surface area contributed by atoms with Crippen LogP contribution in [0.2, 0.25) is 0 Å². The molecule has 0 unspecified atom stereocenters. The van der Waals surface area contributed by atoms with Gasteiger partial charge in [-0.1, -0.05) is 12.1 Å². The lowest BCUT2D eigenvalue weighted by atomic mass is 9.96. The third kappa shape index (κ3) is 3.34. The molecule has 6 nitrogen and oxygen atoms in total. The zero-order valence-electron chi connectivity index (χ0n) is 14.0. The topological polar surface area (TPSA) is 88.4 Å². The Kier molecular flexibility index (Phi) is 4.69. The van der Waals surface area contributed by atoms with Gasteiger partial charge in [-0.15, -0.1) is 0 Å². The summed E-state index contributed by atoms with van der Waals surface area (Å²) in [6.45, 7) is 4.26. The minimum atomic E-state index is -0.303. The number of aromatic nitrogens is 1. The van der Waals surface area contributed by atoms with Crippen LogP contribution in [-0.2, 0) is 16.1 Å². The number of carbonyl (C=O) groups is 1. The number of carbonyl (C=O) groups excluding carboxylic acids is 1. The van der Waals surface area contributed by atoms with Crippen molar-refractivity contribution in [2.75, 3.05) is 26.8 Å². The number of nitrogens with zero attached hydrogens (tertiary/aromatic N) is 1. The van der Waals surface area contributed by atoms with Crippen molar-refractivity contribution >= 4 is 16.8 Å². The van der Waals surface area contributed by atoms with E-state index in [0.717, 1.165) is 16.5 Å². The Hall–Kier alpha value is -2.18. The van der Waals surface area contributed by atoms with Gasteiger partial charge in [0.2, 0.25) is 5.91 Å². The van der Waals surface area contributed by atoms with E-state index in [1.165, 1.54) is 0 Å². The number of amides is 1. The molecule has 0 radical (unpaired) electrons. The van der Waals surface area contributed by atoms with E-state index >= 15 is 0 Å². The first kappa shape index (κ1) is 16.7. The van der Waals surface area contributed by atoms with Gasteiger partial charge in [0.25, 0.3) is 5.56 Å². The molecule has 1 aromatic heterocycles. The number of methoxy groups -OCH3 is 1. The quantitative estimate of drug-likeness (QED) is 0.857. The maximum Gasteiger partial charge on any atom is 0.252 e. The number of pyridine rings is 1. The average molecular weight is 329 g/mol. The Balaban J connectivity index is 1.82. The lowest BCUT2D eigenvalue weighted by Crippen LogP contribution is -2.31. The molecule has 3 N–H and O–H groups in total. The summed E-state index contributed by atoms with van der Waals surface area (Å²) in [6.07, 6.45) is 0. The van der Waals surface area contributed by atoms with E-state index in [2.05, 4.69) is 9.88 Å². The minimum Gasteiger partial charge on any atom is -0.384 e. The maximum absolute atomic E-state index is 12.4. The van der Waals surface area contributed by atoms with Crippen molar-refractivity contribution in [1.82, 2.24) is 9.88 Å². The van der Waals surface area contributed by atoms with Crippen LogP contribution < -0.4 is 11.3 Å². The van der Waals surface area contributed by atoms with Crippen molar-refractivity contribution in [3.63, 3.8) is 0 Å². The first-order valence-corrected chi connectivity index (χ1v) is 8.11. The van der Waals surface area contributed by atoms with Crippen LogP contribution in [0.3, 0.4) is 0 Å². The van der Waals surface area contributed by atoms with Crippen LogP contribution in [0.15, 0.2) is 29.1 Å². The molecule has 2 heterocycles. The number of hydrogen-bond donors (Lipinski definition) is 2. The van der Waals surface area contributed by atoms with Gasteiger partial charge in [-0.25, -0.2) is 0 Å². The number of aryl methyl sites for hydroxylation is 1. The molecule has 0 spiro atoms. The van der Waals surface area contributed by atoms with Crippen molar-refractivity contribution < 1.29 is 9.53 Å². The summed E-state index contributed by atoms with van der Waals surface area (Å²) in [5.41, 5.74) is 8.07. The van der Waals surface area contributed by atoms with Crippen molar-refractivity contribution in [2.45, 2.75) is 13.5 Å². The van der Waals surface area contributed by atoms with Crippen LogP contribution in [0.5, 0.6) is 0 Å². The van der Waals surface area contributed by atoms with E-state index in [4.69, 9.17) is 10.5 Å². The first-order valence-electron chi connectivity index (χ1n) is 8.11. The van der Waals surface area contributed by atoms with E-state index < -0.39 is 0 Å². The second-order valence-electron chi connectivity index (χ2n) is 6.63. The molecule has 24 heavy (non-hydrogen) atoms. The minimum absolute atomic E-state index is 0.0784. The fraction of sp³-hybridized carbons (Fsp3) is 0.444. The standard InChI is InChI=1S/C18H23N3O3/c1-11-3-4-12-6-13(18(23)20-16(12)5-11)7-21-8-14(10-24-2)15(9-21)17(19)22/h3-6,14-15H,7-10H2,1-2H3,(H2,19,22)(H,20,23)/t14-,15+/m0/s1. The molecule has 1 saturated heterocycles. The van der Waals surface area contributed by atoms with Crippen molar-refractivity contribution in [2.24, 2.45) is 17.6 Å². The number of likely N-dealkylation sites (tertiary alicyclic amines) is 1. The van der Waals surface area contributed by atoms with Crippen LogP contribution >= 0.6 is 0 Å². The van der Waals surface area contributed by atoms with Gasteiger partial charge in [0, 0.05) is 43.7 Å². The Morgan fingerprint density at radius 2 is 2.17 bits per heavy atom. The highest BCUT2D eigenvalue weighted by Gasteiger charge is 2.36. The molecule has 3 rings (SSSR count). The fourth-order valence-corrected chi connectivity index (χ4v) is 3.51. The molecule has 2 atom stereocenters. The highest BCUT2D eigenvalue weighted by molar-refractivity contribution is 5.79. The van der Waals surface area contributed by atoms with Crippen LogP contribution in [0.1, 0.15) is 11.1 Å². The Bertz CT molecular complexity index is 815. The zero-order chi connectivity index (χ0) is 17.3. The van der Waals surface area contributed by atoms with Crippen LogP contribution in [0.4, 0.5) is 0 Å². The first-order chi connectivity index (χ1) is 11.5. The number of rotatable bonds is 5. The van der Waals surface area contributed by atoms with Gasteiger partial charge in [-0.2, -0.15) is 0 Å². The smallest absolute Gasteiger partial charge is 0.252 e. The zero-order valence-corrected chi connectivity index (χ0v) is 14.0. The summed E-state index contributed by atoms with van der Waals surface area (Å²) in [4.78, 5) is 29.0. The third-order valence-corrected chi connectivity index (χ3v) is 4.74. The van der Waals surface area contributed by atoms with Crippen LogP contribution in [0.25, 0.3) is 10.9 Å². The molecule has 0 saturated carbocycles. The summed E-state index contributed by atoms with van der Waals surface area (Å²) in [5, 5.41) is 1.01. The van der Waals surface area contributed by atoms with Crippen molar-refractivity contribution in [3.8, 4) is 0 Å². The van der Waals surface area contributed by atoms with E-state index in [-0.39, 0.29) is 23.3 Å². The monoisotopic (exact) mass is 329 g/mol. The van der Waals surface area contributed by atoms with E-state index in [1.54, 1.807) is 7.11 Å². The van der Waals surface area contributed by atoms with Gasteiger partial charge < -0.3 is 15.5 Å². The Labute approximate surface area is 140 Å². The highest BCUT2D eigenvalue weighted by atomic mass is 16.5. The average Bonchev–Trinajstić information content (AvgIpc) is 2.91. The van der Waals surface area contributed by atoms with Gasteiger partial charge in [0.15, 0.2) is 0 Å². The van der Waals surface area contributed by atoms with E-state index in [9.17, 15) is 9.59 Å². The number of primary amides is 1. The van der Waals surface area contributed by atoms with E-state index in [0.29, 0.717) is 31.8 Å². The Morgan fingerprint density at radius 3 is 2.88 bits per heavy atom. The van der Waals surface area contributed by atoms with Crippen molar-refractivity contribution in [3.05, 3.63) is 45.7 Å². The number of benzene rings is 1. The fourth-order valence-electron chi connectivity index (χ4n) is 3.51. The van der Waals surface area contributed by atoms with Crippen molar-refractivity contribution in [1.29, 1.82) is 0 Å². The van der Waals surface area contributed by atoms with Crippen LogP contribution in [-0.4, -0.2) is 42.6 Å². The molecule has 1 aliphatic rings. The SMILES string of the molecule is COC[C@@H]1CN(Cc2cc3ccc(C)cc3[nH]c2=O)C[C@H]1C(N)=O. The second kappa shape index (κ2) is 6.75. The number of H-pyrrole nitrogens is 1. The molecule has 128 valence electrons. The molecule has 1 aliphatic heterocycles. The second-order valence-corrected chi connectivity index (χ2v) is 6.63. The number of nitrogens with two attached hydrogens (primary N) is 1. The van der Waals surface area contributed by atoms with Gasteiger partial charge in [0.1, 0.15) is 0 Å². The lowest BCUT2D eigenvalue weighted by Gasteiger charge is -2.15. The maximum atomic E-state index is 12.4. The molecule has 1 fully saturated rings. The predicted molar refractivity (Wildman–Crippen MR) is 92.6 cm³/mol. The molecule has 1 aromatic carbocycles. The lowest BCUT2D eigenvalue weighted by molar-refractivity contribution is -0.123. The summed E-state index contributed by atoms with van der Waals surface area (Å²) < 4.78 is 5.19. The van der Waals surface area contributed by atoms with Gasteiger partial charge in [-0.3, -0.25) is 14.5 Å². The number of ether oxygens (including phenoxy) is 1. The predicted octanol–water partition coefficient (Wildman–Crippen LogP) is 1.02. The summed E-state index contributed by atoms with van der Waals surface area (Å²) in [5.74, 6) is -0.454.